The van der Waals surface area contributed by atoms with E-state index in [1.807, 2.05) is 6.08 Å². The molecule has 9 nitrogen and oxygen atoms in total. The van der Waals surface area contributed by atoms with Crippen LogP contribution in [0.5, 0.6) is 0 Å². The second-order valence-corrected chi connectivity index (χ2v) is 14.7. The van der Waals surface area contributed by atoms with Gasteiger partial charge in [-0.1, -0.05) is 180 Å². The van der Waals surface area contributed by atoms with Crippen molar-refractivity contribution in [3.63, 3.8) is 0 Å². The highest BCUT2D eigenvalue weighted by molar-refractivity contribution is 5.76. The number of ether oxygens (including phenoxy) is 2. The van der Waals surface area contributed by atoms with E-state index in [2.05, 4.69) is 12.2 Å². The predicted molar refractivity (Wildman–Crippen MR) is 207 cm³/mol. The van der Waals surface area contributed by atoms with Crippen molar-refractivity contribution >= 4 is 5.91 Å². The van der Waals surface area contributed by atoms with Gasteiger partial charge in [-0.05, 0) is 19.3 Å². The van der Waals surface area contributed by atoms with Crippen LogP contribution in [0.4, 0.5) is 0 Å². The van der Waals surface area contributed by atoms with Gasteiger partial charge in [0.15, 0.2) is 6.29 Å². The van der Waals surface area contributed by atoms with E-state index in [1.54, 1.807) is 6.08 Å². The summed E-state index contributed by atoms with van der Waals surface area (Å²) in [5.74, 6) is -0.217. The predicted octanol–water partition coefficient (Wildman–Crippen LogP) is 8.17. The summed E-state index contributed by atoms with van der Waals surface area (Å²) in [5, 5.41) is 54.1. The fourth-order valence-corrected chi connectivity index (χ4v) is 6.65. The number of nitrogens with one attached hydrogen (secondary N) is 1. The monoisotopic (exact) mass is 733 g/mol. The van der Waals surface area contributed by atoms with Crippen LogP contribution in [0.15, 0.2) is 12.2 Å². The van der Waals surface area contributed by atoms with Crippen LogP contribution in [-0.4, -0.2) is 87.5 Å². The van der Waals surface area contributed by atoms with E-state index in [1.165, 1.54) is 70.6 Å². The summed E-state index contributed by atoms with van der Waals surface area (Å²) in [6, 6.07) is -0.852. The molecule has 1 rings (SSSR count). The molecule has 302 valence electrons. The first-order chi connectivity index (χ1) is 26.7. The van der Waals surface area contributed by atoms with Gasteiger partial charge < -0.3 is 40.3 Å². The smallest absolute Gasteiger partial charge is 0.220 e. The molecular formula is C42H81NO8. The van der Waals surface area contributed by atoms with E-state index in [-0.39, 0.29) is 18.9 Å². The number of hydrogen-bond acceptors (Lipinski definition) is 8. The number of aliphatic hydroxyl groups excluding tert-OH is 5. The van der Waals surface area contributed by atoms with Crippen molar-refractivity contribution in [2.45, 2.75) is 236 Å². The van der Waals surface area contributed by atoms with Crippen LogP contribution in [0.3, 0.4) is 0 Å². The largest absolute Gasteiger partial charge is 0.394 e. The molecule has 0 radical (unpaired) electrons. The molecule has 1 aliphatic rings. The van der Waals surface area contributed by atoms with Crippen LogP contribution in [0.1, 0.15) is 200 Å². The zero-order valence-corrected chi connectivity index (χ0v) is 32.2. The Hall–Kier alpha value is -1.07. The van der Waals surface area contributed by atoms with Crippen molar-refractivity contribution in [2.24, 2.45) is 0 Å². The van der Waals surface area contributed by atoms with Crippen molar-refractivity contribution in [1.29, 1.82) is 0 Å². The summed E-state index contributed by atoms with van der Waals surface area (Å²) >= 11 is 0. The Kier molecular flexibility index (Phi) is 26.0. The van der Waals surface area contributed by atoms with Gasteiger partial charge in [-0.15, -0.1) is 0 Å². The zero-order valence-electron chi connectivity index (χ0n) is 37.2. The summed E-state index contributed by atoms with van der Waals surface area (Å²) in [4.78, 5) is 12.9. The number of carbonyl (C=O) groups excluding carboxylic acids is 1. The molecule has 9 heteroatoms. The molecule has 1 fully saturated rings. The maximum atomic E-state index is 12.9. The lowest BCUT2D eigenvalue weighted by Crippen LogP contribution is -2.60. The maximum absolute atomic E-state index is 12.9. The molecule has 1 amide bonds. The third kappa shape index (κ3) is 24.8. The summed E-state index contributed by atoms with van der Waals surface area (Å²) in [6.45, 7) is -1.15. The molecule has 1 aliphatic heterocycles. The lowest BCUT2D eigenvalue weighted by Gasteiger charge is -2.40. The van der Waals surface area contributed by atoms with Gasteiger partial charge in [0.05, 0.1) is 25.4 Å². The highest BCUT2D eigenvalue weighted by Crippen LogP contribution is 2.22. The number of carbonyl (C=O) groups is 1. The first-order valence-corrected chi connectivity index (χ1v) is 20.8. The van der Waals surface area contributed by atoms with Crippen LogP contribution in [0, 0.1) is 0 Å². The molecule has 0 unspecified atom stereocenters. The molecule has 0 spiro atoms. The van der Waals surface area contributed by atoms with E-state index < -0.39 is 62.7 Å². The minimum absolute atomic E-state index is 0.0592. The van der Waals surface area contributed by atoms with Gasteiger partial charge in [0.1, 0.15) is 24.4 Å². The first kappa shape index (κ1) is 39.6. The summed E-state index contributed by atoms with van der Waals surface area (Å²) < 4.78 is 48.4. The number of hydrogen-bond donors (Lipinski definition) is 6. The molecule has 1 heterocycles. The minimum Gasteiger partial charge on any atom is -0.394 e. The Bertz CT molecular complexity index is 989. The highest BCUT2D eigenvalue weighted by Gasteiger charge is 2.44. The van der Waals surface area contributed by atoms with Crippen molar-refractivity contribution < 1.29 is 46.7 Å². The Morgan fingerprint density at radius 2 is 1.24 bits per heavy atom. The lowest BCUT2D eigenvalue weighted by atomic mass is 9.99. The Labute approximate surface area is 319 Å². The van der Waals surface area contributed by atoms with Gasteiger partial charge in [0.25, 0.3) is 0 Å². The molecule has 51 heavy (non-hydrogen) atoms. The van der Waals surface area contributed by atoms with E-state index in [0.29, 0.717) is 12.8 Å². The Morgan fingerprint density at radius 1 is 0.745 bits per heavy atom. The molecular weight excluding hydrogens is 646 g/mol. The van der Waals surface area contributed by atoms with Crippen molar-refractivity contribution in [1.82, 2.24) is 5.32 Å². The zero-order chi connectivity index (χ0) is 41.7. The van der Waals surface area contributed by atoms with Crippen LogP contribution < -0.4 is 5.32 Å². The molecule has 0 aromatic heterocycles. The van der Waals surface area contributed by atoms with Crippen molar-refractivity contribution in [2.75, 3.05) is 13.2 Å². The molecule has 0 aliphatic carbocycles. The number of amides is 1. The Morgan fingerprint density at radius 3 is 1.75 bits per heavy atom. The molecule has 7 atom stereocenters. The van der Waals surface area contributed by atoms with Crippen LogP contribution >= 0.6 is 0 Å². The van der Waals surface area contributed by atoms with Crippen LogP contribution in [0.25, 0.3) is 0 Å². The Balaban J connectivity index is 2.39. The van der Waals surface area contributed by atoms with Crippen molar-refractivity contribution in [3.05, 3.63) is 12.2 Å². The summed E-state index contributed by atoms with van der Waals surface area (Å²) in [6.07, 6.45) is 21.3. The highest BCUT2D eigenvalue weighted by atomic mass is 16.7. The average Bonchev–Trinajstić information content (AvgIpc) is 3.15. The van der Waals surface area contributed by atoms with E-state index in [0.717, 1.165) is 83.5 Å². The van der Waals surface area contributed by atoms with Gasteiger partial charge in [-0.2, -0.15) is 0 Å². The molecule has 0 bridgehead atoms. The number of unbranched alkanes of at least 4 members (excludes halogenated alkanes) is 23. The molecule has 0 aromatic rings. The number of rotatable bonds is 35. The third-order valence-electron chi connectivity index (χ3n) is 10.1. The first-order valence-electron chi connectivity index (χ1n) is 23.3. The topological polar surface area (TPSA) is 149 Å². The van der Waals surface area contributed by atoms with Gasteiger partial charge >= 0.3 is 0 Å². The standard InChI is InChI=1S/C42H81NO8/c1-3-5-7-9-11-13-15-17-18-20-22-24-26-28-30-32-38(46)43-35(34-50-42-41(49)40(48)39(47)37(33-44)51-42)36(45)31-29-27-25-23-21-19-16-14-12-10-8-6-4-2/h29,31,35-37,39-42,44-45,47-49H,3-28,30,32-34H2,1-2H3,(H,43,46)/b31-29+/t35-,36+,37+,39+,40-,41+,42+/m0/s1/i2D3,4D2. The normalized spacial score (nSPS) is 24.0. The van der Waals surface area contributed by atoms with Crippen LogP contribution in [-0.2, 0) is 14.3 Å². The second-order valence-electron chi connectivity index (χ2n) is 14.7. The van der Waals surface area contributed by atoms with E-state index in [9.17, 15) is 30.3 Å². The fourth-order valence-electron chi connectivity index (χ4n) is 6.65. The van der Waals surface area contributed by atoms with E-state index in [4.69, 9.17) is 16.3 Å². The average molecular weight is 733 g/mol. The van der Waals surface area contributed by atoms with Gasteiger partial charge in [0.2, 0.25) is 5.91 Å². The van der Waals surface area contributed by atoms with Crippen molar-refractivity contribution in [3.8, 4) is 0 Å². The summed E-state index contributed by atoms with van der Waals surface area (Å²) in [5.41, 5.74) is 0. The SMILES string of the molecule is [2H]C([2H])([2H])C([2H])([2H])CCCCCCCCCCC/C=C/[C@@H](O)[C@H](CO[C@@H]1O[C@H](CO)[C@@H](O)[C@H](O)[C@H]1O)NC(=O)CCCCCCCCCCCCCCCCC. The third-order valence-corrected chi connectivity index (χ3v) is 10.1. The molecule has 6 N–H and O–H groups in total. The minimum atomic E-state index is -2.57. The van der Waals surface area contributed by atoms with Gasteiger partial charge in [-0.3, -0.25) is 4.79 Å². The molecule has 1 saturated heterocycles. The maximum Gasteiger partial charge on any atom is 0.220 e. The fraction of sp³-hybridized carbons (Fsp3) is 0.929. The van der Waals surface area contributed by atoms with E-state index >= 15 is 0 Å². The number of aliphatic hydroxyl groups is 5. The second kappa shape index (κ2) is 33.5. The molecule has 0 aromatic carbocycles. The molecule has 0 saturated carbocycles. The van der Waals surface area contributed by atoms with Gasteiger partial charge in [0, 0.05) is 13.3 Å². The lowest BCUT2D eigenvalue weighted by molar-refractivity contribution is -0.302. The van der Waals surface area contributed by atoms with Gasteiger partial charge in [-0.25, -0.2) is 0 Å². The number of allylic oxidation sites excluding steroid dienone is 1. The quantitative estimate of drug-likeness (QED) is 0.0283. The summed E-state index contributed by atoms with van der Waals surface area (Å²) in [7, 11) is 0. The van der Waals surface area contributed by atoms with Crippen LogP contribution in [0.2, 0.25) is 0 Å².